The number of anilines is 2. The second kappa shape index (κ2) is 19.2. The van der Waals surface area contributed by atoms with Crippen LogP contribution >= 0.6 is 0 Å². The molecule has 3 aromatic carbocycles. The molecule has 74 heavy (non-hydrogen) atoms. The van der Waals surface area contributed by atoms with Crippen molar-refractivity contribution < 1.29 is 37.7 Å². The zero-order chi connectivity index (χ0) is 50.9. The van der Waals surface area contributed by atoms with Crippen LogP contribution in [0.3, 0.4) is 0 Å². The first-order chi connectivity index (χ1) is 35.9. The Labute approximate surface area is 428 Å². The van der Waals surface area contributed by atoms with Gasteiger partial charge in [-0.25, -0.2) is 13.6 Å². The second-order valence-electron chi connectivity index (χ2n) is 22.1. The first-order valence-electron chi connectivity index (χ1n) is 26.3. The number of urea groups is 1. The van der Waals surface area contributed by atoms with Crippen LogP contribution in [0.5, 0.6) is 17.5 Å². The fourth-order valence-electron chi connectivity index (χ4n) is 12.8. The number of terminal acetylenes is 1. The van der Waals surface area contributed by atoms with Gasteiger partial charge in [-0.05, 0) is 131 Å². The van der Waals surface area contributed by atoms with Crippen LogP contribution in [-0.4, -0.2) is 150 Å². The molecule has 1 aliphatic carbocycles. The molecule has 386 valence electrons. The largest absolute Gasteiger partial charge is 0.508 e. The number of amides is 4. The number of carbonyl (C=O) groups is 3. The molecule has 5 aromatic rings. The molecule has 4 amide bonds. The molecule has 0 radical (unpaired) electrons. The van der Waals surface area contributed by atoms with Crippen molar-refractivity contribution in [1.82, 2.24) is 40.3 Å². The summed E-state index contributed by atoms with van der Waals surface area (Å²) in [4.78, 5) is 63.1. The lowest BCUT2D eigenvalue weighted by atomic mass is 9.71. The number of aromatic nitrogens is 3. The number of ether oxygens (including phenoxy) is 2. The van der Waals surface area contributed by atoms with Gasteiger partial charge in [0.15, 0.2) is 5.82 Å². The molecule has 1 spiro atoms. The summed E-state index contributed by atoms with van der Waals surface area (Å²) in [6.07, 6.45) is 17.1. The number of piperidine rings is 2. The molecule has 6 aliphatic heterocycles. The van der Waals surface area contributed by atoms with Crippen molar-refractivity contribution in [3.05, 3.63) is 71.4 Å². The Hall–Kier alpha value is -6.68. The summed E-state index contributed by atoms with van der Waals surface area (Å²) in [5, 5.41) is 17.9. The minimum absolute atomic E-state index is 0.0252. The van der Waals surface area contributed by atoms with E-state index in [0.717, 1.165) is 97.1 Å². The Balaban J connectivity index is 0.646. The topological polar surface area (TPSA) is 169 Å². The number of phenolic OH excluding ortho intramolecular Hbond substituents is 1. The fourth-order valence-corrected chi connectivity index (χ4v) is 12.8. The summed E-state index contributed by atoms with van der Waals surface area (Å²) >= 11 is 0. The Morgan fingerprint density at radius 1 is 0.919 bits per heavy atom. The maximum atomic E-state index is 17.1. The quantitative estimate of drug-likeness (QED) is 0.107. The predicted molar refractivity (Wildman–Crippen MR) is 275 cm³/mol. The van der Waals surface area contributed by atoms with Crippen molar-refractivity contribution in [2.45, 2.75) is 76.3 Å². The highest BCUT2D eigenvalue weighted by Gasteiger charge is 2.47. The number of aromatic hydroxyl groups is 1. The third-order valence-corrected chi connectivity index (χ3v) is 17.3. The lowest BCUT2D eigenvalue weighted by molar-refractivity contribution is -0.120. The molecule has 18 heteroatoms. The lowest BCUT2D eigenvalue weighted by Gasteiger charge is -2.47. The number of benzene rings is 3. The number of carbonyl (C=O) groups excluding carboxylic acids is 3. The molecule has 6 saturated heterocycles. The van der Waals surface area contributed by atoms with Crippen LogP contribution in [0.4, 0.5) is 25.1 Å². The molecule has 7 aliphatic rings. The third kappa shape index (κ3) is 9.21. The van der Waals surface area contributed by atoms with E-state index in [-0.39, 0.29) is 75.1 Å². The maximum Gasteiger partial charge on any atom is 0.328 e. The number of fused-ring (bicyclic) bond motifs is 4. The first-order valence-corrected chi connectivity index (χ1v) is 26.3. The van der Waals surface area contributed by atoms with Gasteiger partial charge < -0.3 is 39.5 Å². The smallest absolute Gasteiger partial charge is 0.328 e. The normalized spacial score (nSPS) is 22.8. The van der Waals surface area contributed by atoms with Crippen LogP contribution in [0.1, 0.15) is 80.1 Å². The van der Waals surface area contributed by atoms with E-state index in [0.29, 0.717) is 84.4 Å². The van der Waals surface area contributed by atoms with Gasteiger partial charge >= 0.3 is 12.0 Å². The Morgan fingerprint density at radius 2 is 1.68 bits per heavy atom. The van der Waals surface area contributed by atoms with E-state index < -0.39 is 17.7 Å². The van der Waals surface area contributed by atoms with Crippen LogP contribution in [0.15, 0.2) is 48.7 Å². The molecule has 2 bridgehead atoms. The average molecular weight is 1010 g/mol. The molecule has 12 rings (SSSR count). The van der Waals surface area contributed by atoms with Crippen LogP contribution < -0.4 is 29.9 Å². The molecule has 3 N–H and O–H groups in total. The van der Waals surface area contributed by atoms with Gasteiger partial charge in [0.2, 0.25) is 5.91 Å². The Bertz CT molecular complexity index is 3090. The van der Waals surface area contributed by atoms with E-state index in [1.54, 1.807) is 24.4 Å². The molecule has 7 fully saturated rings. The van der Waals surface area contributed by atoms with E-state index in [4.69, 9.17) is 25.9 Å². The van der Waals surface area contributed by atoms with Gasteiger partial charge in [-0.2, -0.15) is 9.97 Å². The van der Waals surface area contributed by atoms with Gasteiger partial charge in [-0.1, -0.05) is 12.0 Å². The number of nitrogens with zero attached hydrogens (tertiary/aromatic N) is 8. The summed E-state index contributed by atoms with van der Waals surface area (Å²) in [5.41, 5.74) is 1.28. The zero-order valence-electron chi connectivity index (χ0n) is 41.8. The summed E-state index contributed by atoms with van der Waals surface area (Å²) in [5.74, 6) is 2.25. The molecular formula is C56H62F2N10O6. The van der Waals surface area contributed by atoms with Crippen molar-refractivity contribution in [2.24, 2.45) is 16.7 Å². The molecular weight excluding hydrogens is 947 g/mol. The zero-order valence-corrected chi connectivity index (χ0v) is 41.8. The minimum atomic E-state index is -0.727. The molecule has 16 nitrogen and oxygen atoms in total. The SMILES string of the molecule is C#Cc1c(F)ccc2cc(O)cc(-c3ncc4c(N5CC6CCC(C5)N6)nc(OCC5(CN6CC(CCN7CCC8(CC7)CCN(C(=O)c7ccc(OC)c(N9CCC(=O)NC9=O)c7)CC8)C6)CC5)nc4c3F)c12. The van der Waals surface area contributed by atoms with Crippen LogP contribution in [-0.2, 0) is 4.79 Å². The van der Waals surface area contributed by atoms with Gasteiger partial charge in [0, 0.05) is 99.0 Å². The van der Waals surface area contributed by atoms with Crippen molar-refractivity contribution >= 4 is 51.0 Å². The minimum Gasteiger partial charge on any atom is -0.508 e. The summed E-state index contributed by atoms with van der Waals surface area (Å²) in [7, 11) is 1.52. The van der Waals surface area contributed by atoms with Gasteiger partial charge in [0.1, 0.15) is 34.3 Å². The van der Waals surface area contributed by atoms with Gasteiger partial charge in [-0.3, -0.25) is 24.8 Å². The average Bonchev–Trinajstić information content (AvgIpc) is 4.09. The monoisotopic (exact) mass is 1010 g/mol. The Morgan fingerprint density at radius 3 is 2.39 bits per heavy atom. The number of imide groups is 1. The van der Waals surface area contributed by atoms with Gasteiger partial charge in [-0.15, -0.1) is 6.42 Å². The molecule has 8 heterocycles. The molecule has 2 aromatic heterocycles. The van der Waals surface area contributed by atoms with Gasteiger partial charge in [0.05, 0.1) is 30.4 Å². The highest BCUT2D eigenvalue weighted by Crippen LogP contribution is 2.48. The van der Waals surface area contributed by atoms with Crippen LogP contribution in [0, 0.1) is 40.7 Å². The van der Waals surface area contributed by atoms with Crippen molar-refractivity contribution in [3.63, 3.8) is 0 Å². The summed E-state index contributed by atoms with van der Waals surface area (Å²) in [6.45, 7) is 9.73. The van der Waals surface area contributed by atoms with Crippen LogP contribution in [0.2, 0.25) is 0 Å². The Kier molecular flexibility index (Phi) is 12.5. The number of likely N-dealkylation sites (tertiary alicyclic amines) is 3. The van der Waals surface area contributed by atoms with E-state index in [2.05, 4.69) is 36.2 Å². The molecule has 2 unspecified atom stereocenters. The van der Waals surface area contributed by atoms with Crippen molar-refractivity contribution in [3.8, 4) is 41.1 Å². The standard InChI is InChI=1S/C56H62F2N10O6/c1-3-40-43(57)8-4-35-24-39(69)26-41(47(35)40)49-48(58)50-42(27-59-49)51(67-30-37-6-7-38(31-67)60-37)63-53(62-50)74-33-56(12-13-56)32-65-28-34(29-65)10-18-64-20-14-55(15-21-64)16-22-66(23-17-55)52(71)36-5-9-45(73-2)44(25-36)68-19-11-46(70)61-54(68)72/h1,4-5,8-9,24-27,34,37-38,60,69H,6-7,10-23,28-33H2,2H3,(H,61,70,72). The molecule has 1 saturated carbocycles. The van der Waals surface area contributed by atoms with E-state index in [9.17, 15) is 19.5 Å². The highest BCUT2D eigenvalue weighted by molar-refractivity contribution is 6.07. The summed E-state index contributed by atoms with van der Waals surface area (Å²) in [6, 6.07) is 10.9. The predicted octanol–water partition coefficient (Wildman–Crippen LogP) is 6.70. The number of piperazine rings is 1. The first kappa shape index (κ1) is 48.3. The number of rotatable bonds is 13. The third-order valence-electron chi connectivity index (χ3n) is 17.3. The van der Waals surface area contributed by atoms with Crippen molar-refractivity contribution in [2.75, 3.05) is 95.5 Å². The number of phenols is 1. The lowest BCUT2D eigenvalue weighted by Crippen LogP contribution is -2.51. The number of nitrogens with one attached hydrogen (secondary N) is 2. The number of pyridine rings is 1. The van der Waals surface area contributed by atoms with E-state index in [1.807, 2.05) is 4.90 Å². The number of hydrogen-bond acceptors (Lipinski definition) is 13. The highest BCUT2D eigenvalue weighted by atomic mass is 19.1. The number of halogens is 2. The fraction of sp³-hybridized carbons (Fsp3) is 0.500. The number of methoxy groups -OCH3 is 1. The van der Waals surface area contributed by atoms with Crippen LogP contribution in [0.25, 0.3) is 32.9 Å². The number of hydrogen-bond donors (Lipinski definition) is 3. The maximum absolute atomic E-state index is 17.1. The van der Waals surface area contributed by atoms with E-state index >= 15 is 8.78 Å². The van der Waals surface area contributed by atoms with Crippen molar-refractivity contribution in [1.29, 1.82) is 0 Å². The van der Waals surface area contributed by atoms with Gasteiger partial charge in [0.25, 0.3) is 5.91 Å². The second-order valence-corrected chi connectivity index (χ2v) is 22.1. The molecule has 2 atom stereocenters. The van der Waals surface area contributed by atoms with E-state index in [1.165, 1.54) is 36.3 Å². The summed E-state index contributed by atoms with van der Waals surface area (Å²) < 4.78 is 44.2.